The molecule has 0 spiro atoms. The molecule has 1 fully saturated rings. The molecular weight excluding hydrogens is 308 g/mol. The lowest BCUT2D eigenvalue weighted by atomic mass is 9.91. The van der Waals surface area contributed by atoms with Crippen LogP contribution in [0, 0.1) is 11.8 Å². The summed E-state index contributed by atoms with van der Waals surface area (Å²) >= 11 is 8.64. The summed E-state index contributed by atoms with van der Waals surface area (Å²) in [5, 5.41) is 0. The Hall–Kier alpha value is -0.610. The average Bonchev–Trinajstić information content (AvgIpc) is 2.27. The molecule has 2 atom stereocenters. The Morgan fingerprint density at radius 1 is 1.33 bits per heavy atom. The van der Waals surface area contributed by atoms with Gasteiger partial charge in [-0.15, -0.1) is 0 Å². The van der Waals surface area contributed by atoms with Crippen LogP contribution in [0.2, 0.25) is 0 Å². The number of benzene rings is 1. The number of thiocarbonyl (C=S) groups is 1. The summed E-state index contributed by atoms with van der Waals surface area (Å²) in [4.78, 5) is 2.90. The summed E-state index contributed by atoms with van der Waals surface area (Å²) in [7, 11) is 0. The third-order valence-corrected chi connectivity index (χ3v) is 4.31. The van der Waals surface area contributed by atoms with Gasteiger partial charge in [-0.3, -0.25) is 0 Å². The minimum Gasteiger partial charge on any atom is -0.389 e. The van der Waals surface area contributed by atoms with Gasteiger partial charge < -0.3 is 10.6 Å². The van der Waals surface area contributed by atoms with Gasteiger partial charge in [0.1, 0.15) is 4.99 Å². The third-order valence-electron chi connectivity index (χ3n) is 3.44. The molecule has 0 saturated carbocycles. The molecule has 1 saturated heterocycles. The maximum atomic E-state index is 5.65. The van der Waals surface area contributed by atoms with Crippen molar-refractivity contribution in [3.63, 3.8) is 0 Å². The molecule has 0 aromatic heterocycles. The highest BCUT2D eigenvalue weighted by Gasteiger charge is 2.23. The normalized spacial score (nSPS) is 24.1. The van der Waals surface area contributed by atoms with Crippen molar-refractivity contribution in [3.8, 4) is 0 Å². The van der Waals surface area contributed by atoms with Gasteiger partial charge in [0.25, 0.3) is 0 Å². The Bertz CT molecular complexity index is 451. The van der Waals surface area contributed by atoms with Crippen LogP contribution in [0.25, 0.3) is 0 Å². The zero-order valence-electron chi connectivity index (χ0n) is 10.8. The average molecular weight is 327 g/mol. The third kappa shape index (κ3) is 3.04. The van der Waals surface area contributed by atoms with Crippen LogP contribution in [0.5, 0.6) is 0 Å². The van der Waals surface area contributed by atoms with Crippen LogP contribution in [0.15, 0.2) is 22.7 Å². The lowest BCUT2D eigenvalue weighted by molar-refractivity contribution is 0.356. The number of piperidine rings is 1. The molecule has 0 bridgehead atoms. The van der Waals surface area contributed by atoms with Crippen LogP contribution in [0.4, 0.5) is 5.69 Å². The van der Waals surface area contributed by atoms with Crippen LogP contribution < -0.4 is 10.6 Å². The van der Waals surface area contributed by atoms with Gasteiger partial charge in [0.2, 0.25) is 0 Å². The maximum Gasteiger partial charge on any atom is 0.104 e. The second kappa shape index (κ2) is 5.57. The Balaban J connectivity index is 2.25. The summed E-state index contributed by atoms with van der Waals surface area (Å²) in [6.45, 7) is 6.88. The molecule has 0 aliphatic carbocycles. The predicted octanol–water partition coefficient (Wildman–Crippen LogP) is 3.57. The molecule has 98 valence electrons. The van der Waals surface area contributed by atoms with Crippen LogP contribution in [0.3, 0.4) is 0 Å². The van der Waals surface area contributed by atoms with Crippen LogP contribution in [0.1, 0.15) is 25.8 Å². The Morgan fingerprint density at radius 2 is 1.94 bits per heavy atom. The highest BCUT2D eigenvalue weighted by molar-refractivity contribution is 9.10. The minimum atomic E-state index is 0.447. The van der Waals surface area contributed by atoms with Crippen LogP contribution in [-0.4, -0.2) is 18.1 Å². The van der Waals surface area contributed by atoms with E-state index in [2.05, 4.69) is 40.7 Å². The Morgan fingerprint density at radius 3 is 2.44 bits per heavy atom. The molecule has 0 radical (unpaired) electrons. The molecule has 4 heteroatoms. The predicted molar refractivity (Wildman–Crippen MR) is 85.2 cm³/mol. The number of hydrogen-bond acceptors (Lipinski definition) is 2. The van der Waals surface area contributed by atoms with Gasteiger partial charge in [-0.05, 0) is 52.4 Å². The first kappa shape index (κ1) is 13.8. The lowest BCUT2D eigenvalue weighted by Crippen LogP contribution is -2.38. The molecule has 1 aliphatic rings. The number of anilines is 1. The molecule has 2 rings (SSSR count). The number of nitrogens with two attached hydrogens (primary N) is 1. The highest BCUT2D eigenvalue weighted by Crippen LogP contribution is 2.32. The summed E-state index contributed by atoms with van der Waals surface area (Å²) in [5.74, 6) is 1.49. The van der Waals surface area contributed by atoms with E-state index in [1.54, 1.807) is 0 Å². The van der Waals surface area contributed by atoms with E-state index in [0.717, 1.165) is 35.0 Å². The molecule has 1 aromatic carbocycles. The van der Waals surface area contributed by atoms with Crippen molar-refractivity contribution < 1.29 is 0 Å². The van der Waals surface area contributed by atoms with E-state index < -0.39 is 0 Å². The van der Waals surface area contributed by atoms with Crippen molar-refractivity contribution >= 4 is 38.8 Å². The first-order chi connectivity index (χ1) is 8.47. The van der Waals surface area contributed by atoms with Crippen molar-refractivity contribution in [1.29, 1.82) is 0 Å². The molecular formula is C14H19BrN2S. The molecule has 2 unspecified atom stereocenters. The first-order valence-electron chi connectivity index (χ1n) is 6.31. The summed E-state index contributed by atoms with van der Waals surface area (Å²) in [5.41, 5.74) is 7.81. The van der Waals surface area contributed by atoms with Gasteiger partial charge >= 0.3 is 0 Å². The fraction of sp³-hybridized carbons (Fsp3) is 0.500. The van der Waals surface area contributed by atoms with Crippen LogP contribution >= 0.6 is 28.1 Å². The van der Waals surface area contributed by atoms with Gasteiger partial charge in [0.05, 0.1) is 5.69 Å². The molecule has 2 nitrogen and oxygen atoms in total. The molecule has 1 heterocycles. The van der Waals surface area contributed by atoms with E-state index in [4.69, 9.17) is 18.0 Å². The molecule has 1 aliphatic heterocycles. The second-order valence-corrected chi connectivity index (χ2v) is 6.68. The number of rotatable bonds is 2. The van der Waals surface area contributed by atoms with E-state index in [1.807, 2.05) is 12.1 Å². The maximum absolute atomic E-state index is 5.65. The minimum absolute atomic E-state index is 0.447. The smallest absolute Gasteiger partial charge is 0.104 e. The van der Waals surface area contributed by atoms with E-state index in [0.29, 0.717) is 4.99 Å². The van der Waals surface area contributed by atoms with Gasteiger partial charge in [0.15, 0.2) is 0 Å². The van der Waals surface area contributed by atoms with Gasteiger partial charge in [-0.2, -0.15) is 0 Å². The second-order valence-electron chi connectivity index (χ2n) is 5.38. The fourth-order valence-corrected chi connectivity index (χ4v) is 3.53. The lowest BCUT2D eigenvalue weighted by Gasteiger charge is -2.37. The van der Waals surface area contributed by atoms with Crippen molar-refractivity contribution in [2.75, 3.05) is 18.0 Å². The summed E-state index contributed by atoms with van der Waals surface area (Å²) < 4.78 is 1.08. The molecule has 0 amide bonds. The van der Waals surface area contributed by atoms with Gasteiger partial charge in [0, 0.05) is 23.1 Å². The molecule has 2 N–H and O–H groups in total. The monoisotopic (exact) mass is 326 g/mol. The van der Waals surface area contributed by atoms with Gasteiger partial charge in [-0.25, -0.2) is 0 Å². The van der Waals surface area contributed by atoms with Crippen molar-refractivity contribution in [2.45, 2.75) is 20.3 Å². The number of nitrogens with zero attached hydrogens (tertiary/aromatic N) is 1. The summed E-state index contributed by atoms with van der Waals surface area (Å²) in [6, 6.07) is 6.14. The summed E-state index contributed by atoms with van der Waals surface area (Å²) in [6.07, 6.45) is 1.32. The standard InChI is InChI=1S/C14H19BrN2S/c1-9-5-10(2)8-17(7-9)13-4-3-11(14(16)18)6-12(13)15/h3-4,6,9-10H,5,7-8H2,1-2H3,(H2,16,18). The largest absolute Gasteiger partial charge is 0.389 e. The van der Waals surface area contributed by atoms with E-state index in [9.17, 15) is 0 Å². The zero-order chi connectivity index (χ0) is 13.3. The van der Waals surface area contributed by atoms with Crippen molar-refractivity contribution in [3.05, 3.63) is 28.2 Å². The molecule has 18 heavy (non-hydrogen) atoms. The van der Waals surface area contributed by atoms with Crippen molar-refractivity contribution in [2.24, 2.45) is 17.6 Å². The SMILES string of the molecule is CC1CC(C)CN(c2ccc(C(N)=S)cc2Br)C1. The number of hydrogen-bond donors (Lipinski definition) is 1. The van der Waals surface area contributed by atoms with E-state index in [-0.39, 0.29) is 0 Å². The van der Waals surface area contributed by atoms with Crippen LogP contribution in [-0.2, 0) is 0 Å². The Labute approximate surface area is 123 Å². The zero-order valence-corrected chi connectivity index (χ0v) is 13.2. The Kier molecular flexibility index (Phi) is 4.28. The first-order valence-corrected chi connectivity index (χ1v) is 7.51. The number of halogens is 1. The van der Waals surface area contributed by atoms with Gasteiger partial charge in [-0.1, -0.05) is 26.1 Å². The van der Waals surface area contributed by atoms with E-state index >= 15 is 0 Å². The molecule has 1 aromatic rings. The highest BCUT2D eigenvalue weighted by atomic mass is 79.9. The fourth-order valence-electron chi connectivity index (χ4n) is 2.78. The van der Waals surface area contributed by atoms with E-state index in [1.165, 1.54) is 12.1 Å². The topological polar surface area (TPSA) is 29.3 Å². The van der Waals surface area contributed by atoms with Crippen molar-refractivity contribution in [1.82, 2.24) is 0 Å². The quantitative estimate of drug-likeness (QED) is 0.842.